The molecule has 1 fully saturated rings. The number of ether oxygens (including phenoxy) is 1. The maximum Gasteiger partial charge on any atom is 0.275 e. The predicted octanol–water partition coefficient (Wildman–Crippen LogP) is 6.58. The van der Waals surface area contributed by atoms with Crippen LogP contribution in [0.3, 0.4) is 0 Å². The van der Waals surface area contributed by atoms with Gasteiger partial charge in [-0.1, -0.05) is 31.5 Å². The largest absolute Gasteiger partial charge is 0.457 e. The van der Waals surface area contributed by atoms with Crippen LogP contribution < -0.4 is 15.0 Å². The van der Waals surface area contributed by atoms with E-state index in [4.69, 9.17) is 4.74 Å². The Hall–Kier alpha value is -3.78. The number of nitrogens with one attached hydrogen (secondary N) is 1. The maximum atomic E-state index is 13.3. The highest BCUT2D eigenvalue weighted by molar-refractivity contribution is 7.13. The zero-order valence-electron chi connectivity index (χ0n) is 20.5. The number of amides is 1. The molecule has 8 heteroatoms. The summed E-state index contributed by atoms with van der Waals surface area (Å²) < 4.78 is 6.23. The van der Waals surface area contributed by atoms with Crippen LogP contribution in [0, 0.1) is 12.8 Å². The summed E-state index contributed by atoms with van der Waals surface area (Å²) >= 11 is 1.41. The van der Waals surface area contributed by atoms with Gasteiger partial charge in [0.2, 0.25) is 0 Å². The lowest BCUT2D eigenvalue weighted by molar-refractivity contribution is 0.102. The molecule has 4 aromatic rings. The van der Waals surface area contributed by atoms with E-state index in [0.717, 1.165) is 64.9 Å². The summed E-state index contributed by atoms with van der Waals surface area (Å²) in [5.74, 6) is 1.97. The molecule has 1 saturated heterocycles. The second-order valence-electron chi connectivity index (χ2n) is 8.99. The molecule has 1 aliphatic heterocycles. The second-order valence-corrected chi connectivity index (χ2v) is 9.84. The van der Waals surface area contributed by atoms with Gasteiger partial charge in [-0.05, 0) is 56.0 Å². The molecular weight excluding hydrogens is 470 g/mol. The SMILES string of the molecule is CC[C@@H]1CCCN(c2c(NC(=O)c3csc(-c4ccnnc4)n3)ccc(Oc3ccccc3)c2C)C1. The number of carbonyl (C=O) groups is 1. The van der Waals surface area contributed by atoms with Crippen molar-refractivity contribution in [3.63, 3.8) is 0 Å². The van der Waals surface area contributed by atoms with Crippen LogP contribution in [0.4, 0.5) is 11.4 Å². The summed E-state index contributed by atoms with van der Waals surface area (Å²) in [4.78, 5) is 20.2. The number of benzene rings is 2. The van der Waals surface area contributed by atoms with E-state index in [9.17, 15) is 4.79 Å². The molecule has 1 amide bonds. The second kappa shape index (κ2) is 10.9. The van der Waals surface area contributed by atoms with Crippen LogP contribution in [0.2, 0.25) is 0 Å². The number of carbonyl (C=O) groups excluding carboxylic acids is 1. The van der Waals surface area contributed by atoms with Gasteiger partial charge in [0.1, 0.15) is 22.2 Å². The number of para-hydroxylation sites is 1. The minimum absolute atomic E-state index is 0.235. The lowest BCUT2D eigenvalue weighted by Gasteiger charge is -2.36. The lowest BCUT2D eigenvalue weighted by atomic mass is 9.94. The van der Waals surface area contributed by atoms with Crippen molar-refractivity contribution >= 4 is 28.6 Å². The van der Waals surface area contributed by atoms with Gasteiger partial charge in [0.15, 0.2) is 0 Å². The normalized spacial score (nSPS) is 15.5. The van der Waals surface area contributed by atoms with E-state index in [0.29, 0.717) is 11.6 Å². The van der Waals surface area contributed by atoms with E-state index in [1.807, 2.05) is 48.5 Å². The highest BCUT2D eigenvalue weighted by Crippen LogP contribution is 2.40. The molecule has 7 nitrogen and oxygen atoms in total. The molecule has 0 unspecified atom stereocenters. The number of hydrogen-bond donors (Lipinski definition) is 1. The van der Waals surface area contributed by atoms with Gasteiger partial charge < -0.3 is 15.0 Å². The van der Waals surface area contributed by atoms with Crippen LogP contribution in [0.15, 0.2) is 66.3 Å². The summed E-state index contributed by atoms with van der Waals surface area (Å²) in [6.45, 7) is 6.22. The third kappa shape index (κ3) is 5.23. The summed E-state index contributed by atoms with van der Waals surface area (Å²) in [6.07, 6.45) is 6.77. The molecule has 0 bridgehead atoms. The zero-order chi connectivity index (χ0) is 24.9. The number of rotatable bonds is 7. The average molecular weight is 500 g/mol. The van der Waals surface area contributed by atoms with Crippen molar-refractivity contribution in [2.45, 2.75) is 33.1 Å². The van der Waals surface area contributed by atoms with E-state index in [-0.39, 0.29) is 5.91 Å². The molecule has 2 aromatic carbocycles. The number of anilines is 2. The maximum absolute atomic E-state index is 13.3. The Morgan fingerprint density at radius 1 is 1.17 bits per heavy atom. The van der Waals surface area contributed by atoms with E-state index in [2.05, 4.69) is 39.2 Å². The zero-order valence-corrected chi connectivity index (χ0v) is 21.3. The van der Waals surface area contributed by atoms with Crippen LogP contribution in [0.1, 0.15) is 42.2 Å². The average Bonchev–Trinajstić information content (AvgIpc) is 3.42. The van der Waals surface area contributed by atoms with Gasteiger partial charge in [-0.15, -0.1) is 11.3 Å². The number of piperidine rings is 1. The molecule has 0 spiro atoms. The lowest BCUT2D eigenvalue weighted by Crippen LogP contribution is -2.36. The van der Waals surface area contributed by atoms with Gasteiger partial charge in [-0.3, -0.25) is 4.79 Å². The van der Waals surface area contributed by atoms with Crippen LogP contribution >= 0.6 is 11.3 Å². The van der Waals surface area contributed by atoms with Crippen LogP contribution in [0.25, 0.3) is 10.6 Å². The molecule has 2 aromatic heterocycles. The molecular formula is C28H29N5O2S. The highest BCUT2D eigenvalue weighted by Gasteiger charge is 2.25. The Bertz CT molecular complexity index is 1330. The Morgan fingerprint density at radius 2 is 2.03 bits per heavy atom. The first-order valence-corrected chi connectivity index (χ1v) is 13.2. The number of nitrogens with zero attached hydrogens (tertiary/aromatic N) is 4. The van der Waals surface area contributed by atoms with Crippen LogP contribution in [-0.4, -0.2) is 34.2 Å². The first-order chi connectivity index (χ1) is 17.6. The van der Waals surface area contributed by atoms with Crippen molar-refractivity contribution in [3.8, 4) is 22.1 Å². The van der Waals surface area contributed by atoms with Gasteiger partial charge in [0, 0.05) is 29.6 Å². The Kier molecular flexibility index (Phi) is 7.23. The van der Waals surface area contributed by atoms with Gasteiger partial charge in [0.05, 0.1) is 23.8 Å². The molecule has 0 aliphatic carbocycles. The molecule has 0 saturated carbocycles. The van der Waals surface area contributed by atoms with Crippen molar-refractivity contribution < 1.29 is 9.53 Å². The topological polar surface area (TPSA) is 80.2 Å². The van der Waals surface area contributed by atoms with E-state index in [1.54, 1.807) is 17.8 Å². The van der Waals surface area contributed by atoms with Gasteiger partial charge in [-0.25, -0.2) is 4.98 Å². The minimum Gasteiger partial charge on any atom is -0.457 e. The Labute approximate surface area is 215 Å². The minimum atomic E-state index is -0.235. The Balaban J connectivity index is 1.45. The van der Waals surface area contributed by atoms with Crippen molar-refractivity contribution in [3.05, 3.63) is 77.6 Å². The summed E-state index contributed by atoms with van der Waals surface area (Å²) in [6, 6.07) is 15.5. The third-order valence-electron chi connectivity index (χ3n) is 6.58. The molecule has 3 heterocycles. The van der Waals surface area contributed by atoms with Crippen LogP contribution in [-0.2, 0) is 0 Å². The first-order valence-electron chi connectivity index (χ1n) is 12.3. The smallest absolute Gasteiger partial charge is 0.275 e. The van der Waals surface area contributed by atoms with Gasteiger partial charge >= 0.3 is 0 Å². The van der Waals surface area contributed by atoms with Crippen molar-refractivity contribution in [2.24, 2.45) is 5.92 Å². The van der Waals surface area contributed by atoms with E-state index >= 15 is 0 Å². The van der Waals surface area contributed by atoms with E-state index in [1.165, 1.54) is 17.8 Å². The molecule has 36 heavy (non-hydrogen) atoms. The van der Waals surface area contributed by atoms with Crippen molar-refractivity contribution in [2.75, 3.05) is 23.3 Å². The van der Waals surface area contributed by atoms with Gasteiger partial charge in [-0.2, -0.15) is 10.2 Å². The van der Waals surface area contributed by atoms with Crippen molar-refractivity contribution in [1.29, 1.82) is 0 Å². The number of thiazole rings is 1. The van der Waals surface area contributed by atoms with Crippen molar-refractivity contribution in [1.82, 2.24) is 15.2 Å². The molecule has 184 valence electrons. The predicted molar refractivity (Wildman–Crippen MR) is 144 cm³/mol. The molecule has 0 radical (unpaired) electrons. The summed E-state index contributed by atoms with van der Waals surface area (Å²) in [5.41, 5.74) is 4.02. The molecule has 5 rings (SSSR count). The fraction of sp³-hybridized carbons (Fsp3) is 0.286. The Morgan fingerprint density at radius 3 is 2.81 bits per heavy atom. The number of hydrogen-bond acceptors (Lipinski definition) is 7. The molecule has 1 N–H and O–H groups in total. The van der Waals surface area contributed by atoms with Gasteiger partial charge in [0.25, 0.3) is 5.91 Å². The van der Waals surface area contributed by atoms with E-state index < -0.39 is 0 Å². The number of aromatic nitrogens is 3. The highest BCUT2D eigenvalue weighted by atomic mass is 32.1. The molecule has 1 aliphatic rings. The fourth-order valence-electron chi connectivity index (χ4n) is 4.63. The summed E-state index contributed by atoms with van der Waals surface area (Å²) in [7, 11) is 0. The fourth-order valence-corrected chi connectivity index (χ4v) is 5.42. The quantitative estimate of drug-likeness (QED) is 0.309. The third-order valence-corrected chi connectivity index (χ3v) is 7.47. The molecule has 1 atom stereocenters. The first kappa shape index (κ1) is 23.9. The summed E-state index contributed by atoms with van der Waals surface area (Å²) in [5, 5.41) is 13.4. The standard InChI is InChI=1S/C28H29N5O2S/c1-3-20-8-7-15-33(17-20)26-19(2)25(35-22-9-5-4-6-10-22)12-11-23(26)31-27(34)24-18-36-28(32-24)21-13-14-29-30-16-21/h4-6,9-14,16,18,20H,3,7-8,15,17H2,1-2H3,(H,31,34)/t20-/m1/s1. The monoisotopic (exact) mass is 499 g/mol. The van der Waals surface area contributed by atoms with Crippen LogP contribution in [0.5, 0.6) is 11.5 Å².